The lowest BCUT2D eigenvalue weighted by atomic mass is 9.54. The first kappa shape index (κ1) is 14.8. The highest BCUT2D eigenvalue weighted by molar-refractivity contribution is 5.89. The third kappa shape index (κ3) is 2.28. The Bertz CT molecular complexity index is 359. The van der Waals surface area contributed by atoms with Crippen molar-refractivity contribution in [1.29, 1.82) is 0 Å². The Labute approximate surface area is 115 Å². The van der Waals surface area contributed by atoms with Gasteiger partial charge in [0.05, 0.1) is 12.2 Å². The molecule has 2 aliphatic rings. The maximum atomic E-state index is 12.6. The van der Waals surface area contributed by atoms with E-state index in [2.05, 4.69) is 0 Å². The number of aliphatic hydroxyl groups is 1. The van der Waals surface area contributed by atoms with E-state index < -0.39 is 11.6 Å². The van der Waals surface area contributed by atoms with Crippen molar-refractivity contribution in [1.82, 2.24) is 4.90 Å². The van der Waals surface area contributed by atoms with Crippen LogP contribution in [0.5, 0.6) is 0 Å². The number of carbonyl (C=O) groups excluding carboxylic acids is 1. The summed E-state index contributed by atoms with van der Waals surface area (Å²) in [7, 11) is 0. The smallest absolute Gasteiger partial charge is 0.243 e. The number of ether oxygens (including phenoxy) is 1. The number of hydrogen-bond donors (Lipinski definition) is 2. The van der Waals surface area contributed by atoms with Crippen molar-refractivity contribution in [3.8, 4) is 0 Å². The minimum absolute atomic E-state index is 0.0350. The van der Waals surface area contributed by atoms with E-state index in [-0.39, 0.29) is 17.4 Å². The summed E-state index contributed by atoms with van der Waals surface area (Å²) in [5.41, 5.74) is 5.15. The van der Waals surface area contributed by atoms with Crippen LogP contribution in [-0.2, 0) is 9.53 Å². The van der Waals surface area contributed by atoms with Gasteiger partial charge in [-0.1, -0.05) is 13.8 Å². The summed E-state index contributed by atoms with van der Waals surface area (Å²) in [5, 5.41) is 9.69. The summed E-state index contributed by atoms with van der Waals surface area (Å²) in [6, 6.07) is 0. The SMILES string of the molecule is CCOC1CC(N)(C(=O)N2CCCC(O)C2)C1(C)C. The first-order valence-corrected chi connectivity index (χ1v) is 7.21. The molecule has 5 heteroatoms. The minimum Gasteiger partial charge on any atom is -0.391 e. The molecule has 1 aliphatic heterocycles. The standard InChI is InChI=1S/C14H26N2O3/c1-4-19-11-8-14(15,13(11,2)3)12(18)16-7-5-6-10(17)9-16/h10-11,17H,4-9,15H2,1-3H3. The molecule has 1 saturated heterocycles. The zero-order valence-electron chi connectivity index (χ0n) is 12.2. The second-order valence-corrected chi connectivity index (χ2v) is 6.39. The van der Waals surface area contributed by atoms with E-state index in [9.17, 15) is 9.90 Å². The molecule has 3 N–H and O–H groups in total. The van der Waals surface area contributed by atoms with Gasteiger partial charge in [-0.2, -0.15) is 0 Å². The summed E-state index contributed by atoms with van der Waals surface area (Å²) in [4.78, 5) is 14.4. The van der Waals surface area contributed by atoms with E-state index in [0.717, 1.165) is 12.8 Å². The van der Waals surface area contributed by atoms with E-state index in [1.54, 1.807) is 4.90 Å². The van der Waals surface area contributed by atoms with Crippen LogP contribution in [0, 0.1) is 5.41 Å². The Hall–Kier alpha value is -0.650. The zero-order valence-corrected chi connectivity index (χ0v) is 12.2. The second kappa shape index (κ2) is 5.04. The number of rotatable bonds is 3. The number of nitrogens with zero attached hydrogens (tertiary/aromatic N) is 1. The van der Waals surface area contributed by atoms with Crippen LogP contribution in [0.15, 0.2) is 0 Å². The molecule has 0 bridgehead atoms. The van der Waals surface area contributed by atoms with Crippen LogP contribution >= 0.6 is 0 Å². The van der Waals surface area contributed by atoms with Crippen LogP contribution in [0.25, 0.3) is 0 Å². The van der Waals surface area contributed by atoms with Crippen molar-refractivity contribution >= 4 is 5.91 Å². The van der Waals surface area contributed by atoms with Gasteiger partial charge in [0.25, 0.3) is 0 Å². The summed E-state index contributed by atoms with van der Waals surface area (Å²) in [6.07, 6.45) is 1.82. The fourth-order valence-corrected chi connectivity index (χ4v) is 3.22. The molecule has 110 valence electrons. The Kier molecular flexibility index (Phi) is 3.91. The van der Waals surface area contributed by atoms with Crippen molar-refractivity contribution in [2.24, 2.45) is 11.1 Å². The number of hydrogen-bond acceptors (Lipinski definition) is 4. The van der Waals surface area contributed by atoms with E-state index in [4.69, 9.17) is 10.5 Å². The maximum Gasteiger partial charge on any atom is 0.243 e. The highest BCUT2D eigenvalue weighted by Gasteiger charge is 2.63. The lowest BCUT2D eigenvalue weighted by Gasteiger charge is -2.59. The van der Waals surface area contributed by atoms with Crippen LogP contribution in [-0.4, -0.2) is 53.4 Å². The Morgan fingerprint density at radius 2 is 2.21 bits per heavy atom. The molecule has 0 spiro atoms. The molecular weight excluding hydrogens is 244 g/mol. The van der Waals surface area contributed by atoms with Crippen molar-refractivity contribution in [3.05, 3.63) is 0 Å². The second-order valence-electron chi connectivity index (χ2n) is 6.39. The third-order valence-corrected chi connectivity index (χ3v) is 4.90. The average molecular weight is 270 g/mol. The molecule has 1 saturated carbocycles. The van der Waals surface area contributed by atoms with Gasteiger partial charge in [0.1, 0.15) is 5.54 Å². The van der Waals surface area contributed by atoms with Gasteiger partial charge in [-0.15, -0.1) is 0 Å². The van der Waals surface area contributed by atoms with E-state index >= 15 is 0 Å². The summed E-state index contributed by atoms with van der Waals surface area (Å²) >= 11 is 0. The predicted molar refractivity (Wildman–Crippen MR) is 72.6 cm³/mol. The summed E-state index contributed by atoms with van der Waals surface area (Å²) < 4.78 is 5.65. The van der Waals surface area contributed by atoms with Crippen LogP contribution in [0.3, 0.4) is 0 Å². The maximum absolute atomic E-state index is 12.6. The summed E-state index contributed by atoms with van der Waals surface area (Å²) in [6.45, 7) is 7.69. The van der Waals surface area contributed by atoms with Gasteiger partial charge >= 0.3 is 0 Å². The molecule has 5 nitrogen and oxygen atoms in total. The number of likely N-dealkylation sites (tertiary alicyclic amines) is 1. The Balaban J connectivity index is 2.07. The highest BCUT2D eigenvalue weighted by atomic mass is 16.5. The van der Waals surface area contributed by atoms with Crippen molar-refractivity contribution in [2.45, 2.75) is 57.8 Å². The van der Waals surface area contributed by atoms with Gasteiger partial charge in [0.2, 0.25) is 5.91 Å². The lowest BCUT2D eigenvalue weighted by Crippen LogP contribution is -2.76. The van der Waals surface area contributed by atoms with Gasteiger partial charge in [-0.05, 0) is 19.8 Å². The summed E-state index contributed by atoms with van der Waals surface area (Å²) in [5.74, 6) is -0.0350. The van der Waals surface area contributed by atoms with Gasteiger partial charge in [-0.3, -0.25) is 4.79 Å². The lowest BCUT2D eigenvalue weighted by molar-refractivity contribution is -0.181. The third-order valence-electron chi connectivity index (χ3n) is 4.90. The van der Waals surface area contributed by atoms with Gasteiger partial charge in [-0.25, -0.2) is 0 Å². The van der Waals surface area contributed by atoms with E-state index in [1.807, 2.05) is 20.8 Å². The van der Waals surface area contributed by atoms with E-state index in [1.165, 1.54) is 0 Å². The monoisotopic (exact) mass is 270 g/mol. The van der Waals surface area contributed by atoms with Crippen LogP contribution in [0.2, 0.25) is 0 Å². The number of aliphatic hydroxyl groups excluding tert-OH is 1. The number of piperidine rings is 1. The van der Waals surface area contributed by atoms with Crippen molar-refractivity contribution in [3.63, 3.8) is 0 Å². The van der Waals surface area contributed by atoms with Crippen LogP contribution < -0.4 is 5.73 Å². The molecule has 19 heavy (non-hydrogen) atoms. The van der Waals surface area contributed by atoms with E-state index in [0.29, 0.717) is 26.1 Å². The largest absolute Gasteiger partial charge is 0.391 e. The number of nitrogens with two attached hydrogens (primary N) is 1. The fourth-order valence-electron chi connectivity index (χ4n) is 3.22. The Morgan fingerprint density at radius 1 is 1.53 bits per heavy atom. The Morgan fingerprint density at radius 3 is 2.74 bits per heavy atom. The zero-order chi connectivity index (χ0) is 14.3. The van der Waals surface area contributed by atoms with Gasteiger partial charge in [0.15, 0.2) is 0 Å². The number of amides is 1. The molecular formula is C14H26N2O3. The molecule has 1 heterocycles. The normalized spacial score (nSPS) is 37.8. The average Bonchev–Trinajstić information content (AvgIpc) is 2.37. The molecule has 1 amide bonds. The minimum atomic E-state index is -0.857. The van der Waals surface area contributed by atoms with Crippen LogP contribution in [0.1, 0.15) is 40.0 Å². The van der Waals surface area contributed by atoms with Gasteiger partial charge in [0, 0.05) is 31.5 Å². The predicted octanol–water partition coefficient (Wildman–Crippen LogP) is 0.502. The molecule has 0 aromatic carbocycles. The molecule has 1 aliphatic carbocycles. The molecule has 3 atom stereocenters. The highest BCUT2D eigenvalue weighted by Crippen LogP contribution is 2.50. The van der Waals surface area contributed by atoms with Crippen molar-refractivity contribution < 1.29 is 14.6 Å². The van der Waals surface area contributed by atoms with Crippen LogP contribution in [0.4, 0.5) is 0 Å². The van der Waals surface area contributed by atoms with Crippen molar-refractivity contribution in [2.75, 3.05) is 19.7 Å². The molecule has 0 aromatic heterocycles. The molecule has 0 radical (unpaired) electrons. The quantitative estimate of drug-likeness (QED) is 0.783. The number of β-amino-alcohol motifs (C(OH)–C–C–N with tert-alkyl or cyclic N) is 1. The number of carbonyl (C=O) groups is 1. The first-order valence-electron chi connectivity index (χ1n) is 7.21. The molecule has 0 aromatic rings. The fraction of sp³-hybridized carbons (Fsp3) is 0.929. The van der Waals surface area contributed by atoms with Gasteiger partial charge < -0.3 is 20.5 Å². The first-order chi connectivity index (χ1) is 8.83. The molecule has 2 fully saturated rings. The molecule has 3 unspecified atom stereocenters. The molecule has 2 rings (SSSR count). The topological polar surface area (TPSA) is 75.8 Å².